The molecule has 1 aliphatic rings. The van der Waals surface area contributed by atoms with Gasteiger partial charge in [0.2, 0.25) is 5.91 Å². The van der Waals surface area contributed by atoms with E-state index in [2.05, 4.69) is 23.9 Å². The van der Waals surface area contributed by atoms with Crippen LogP contribution < -0.4 is 5.73 Å². The summed E-state index contributed by atoms with van der Waals surface area (Å²) >= 11 is 1.39. The van der Waals surface area contributed by atoms with Gasteiger partial charge in [-0.2, -0.15) is 0 Å². The molecule has 1 aromatic heterocycles. The van der Waals surface area contributed by atoms with E-state index >= 15 is 0 Å². The van der Waals surface area contributed by atoms with Crippen LogP contribution in [-0.4, -0.2) is 53.4 Å². The molecule has 2 rings (SSSR count). The topological polar surface area (TPSA) is 62.5 Å². The summed E-state index contributed by atoms with van der Waals surface area (Å²) in [6.07, 6.45) is 1.40. The van der Waals surface area contributed by atoms with Gasteiger partial charge in [0.05, 0.1) is 12.1 Å². The van der Waals surface area contributed by atoms with Crippen molar-refractivity contribution in [2.75, 3.05) is 32.4 Å². The van der Waals surface area contributed by atoms with E-state index in [9.17, 15) is 4.79 Å². The molecule has 1 fully saturated rings. The molecular formula is C12H20N4OS. The summed E-state index contributed by atoms with van der Waals surface area (Å²) in [6.45, 7) is 4.93. The monoisotopic (exact) mass is 268 g/mol. The number of likely N-dealkylation sites (N-methyl/N-ethyl adjacent to an activating group) is 1. The number of hydrogen-bond acceptors (Lipinski definition) is 5. The van der Waals surface area contributed by atoms with Crippen LogP contribution in [0.1, 0.15) is 19.0 Å². The lowest BCUT2D eigenvalue weighted by Crippen LogP contribution is -2.42. The summed E-state index contributed by atoms with van der Waals surface area (Å²) in [7, 11) is 2.10. The highest BCUT2D eigenvalue weighted by Gasteiger charge is 2.24. The van der Waals surface area contributed by atoms with Crippen molar-refractivity contribution in [3.05, 3.63) is 11.1 Å². The van der Waals surface area contributed by atoms with Gasteiger partial charge in [0, 0.05) is 24.5 Å². The maximum Gasteiger partial charge on any atom is 0.228 e. The molecule has 0 spiro atoms. The molecule has 100 valence electrons. The van der Waals surface area contributed by atoms with Crippen LogP contribution in [0.25, 0.3) is 0 Å². The summed E-state index contributed by atoms with van der Waals surface area (Å²) in [6, 6.07) is 0.265. The second-order valence-corrected chi connectivity index (χ2v) is 5.80. The summed E-state index contributed by atoms with van der Waals surface area (Å²) in [5, 5.41) is 2.39. The highest BCUT2D eigenvalue weighted by molar-refractivity contribution is 7.13. The van der Waals surface area contributed by atoms with Crippen LogP contribution in [0, 0.1) is 0 Å². The van der Waals surface area contributed by atoms with E-state index in [1.807, 2.05) is 10.3 Å². The molecule has 1 atom stereocenters. The zero-order valence-corrected chi connectivity index (χ0v) is 11.7. The Labute approximate surface area is 112 Å². The Kier molecular flexibility index (Phi) is 4.19. The smallest absolute Gasteiger partial charge is 0.228 e. The molecule has 5 nitrogen and oxygen atoms in total. The molecule has 0 saturated carbocycles. The van der Waals surface area contributed by atoms with Gasteiger partial charge in [-0.25, -0.2) is 4.98 Å². The van der Waals surface area contributed by atoms with E-state index < -0.39 is 0 Å². The SMILES string of the molecule is CC1CN(C)CCCN1C(=O)Cc1csc(N)n1. The number of carbonyl (C=O) groups excluding carboxylic acids is 1. The van der Waals surface area contributed by atoms with Gasteiger partial charge in [-0.05, 0) is 26.9 Å². The number of rotatable bonds is 2. The molecule has 1 aliphatic heterocycles. The van der Waals surface area contributed by atoms with Crippen molar-refractivity contribution in [3.63, 3.8) is 0 Å². The Bertz CT molecular complexity index is 420. The number of aromatic nitrogens is 1. The molecule has 0 aliphatic carbocycles. The molecule has 0 radical (unpaired) electrons. The summed E-state index contributed by atoms with van der Waals surface area (Å²) in [4.78, 5) is 20.7. The molecule has 2 heterocycles. The largest absolute Gasteiger partial charge is 0.375 e. The second-order valence-electron chi connectivity index (χ2n) is 4.91. The average Bonchev–Trinajstić information content (AvgIpc) is 2.60. The molecule has 1 amide bonds. The third kappa shape index (κ3) is 3.20. The third-order valence-corrected chi connectivity index (χ3v) is 3.99. The van der Waals surface area contributed by atoms with Crippen molar-refractivity contribution in [2.45, 2.75) is 25.8 Å². The fraction of sp³-hybridized carbons (Fsp3) is 0.667. The van der Waals surface area contributed by atoms with Crippen LogP contribution in [0.5, 0.6) is 0 Å². The van der Waals surface area contributed by atoms with Gasteiger partial charge in [0.1, 0.15) is 0 Å². The maximum atomic E-state index is 12.3. The van der Waals surface area contributed by atoms with Gasteiger partial charge in [-0.15, -0.1) is 11.3 Å². The van der Waals surface area contributed by atoms with Crippen LogP contribution in [0.15, 0.2) is 5.38 Å². The molecule has 0 bridgehead atoms. The van der Waals surface area contributed by atoms with Crippen molar-refractivity contribution in [1.29, 1.82) is 0 Å². The third-order valence-electron chi connectivity index (χ3n) is 3.27. The number of nitrogen functional groups attached to an aromatic ring is 1. The zero-order chi connectivity index (χ0) is 13.1. The molecule has 1 saturated heterocycles. The molecule has 1 unspecified atom stereocenters. The Hall–Kier alpha value is -1.14. The van der Waals surface area contributed by atoms with Crippen LogP contribution in [-0.2, 0) is 11.2 Å². The highest BCUT2D eigenvalue weighted by atomic mass is 32.1. The Morgan fingerprint density at radius 3 is 3.06 bits per heavy atom. The van der Waals surface area contributed by atoms with Crippen molar-refractivity contribution in [1.82, 2.24) is 14.8 Å². The fourth-order valence-electron chi connectivity index (χ4n) is 2.40. The summed E-state index contributed by atoms with van der Waals surface area (Å²) in [5.74, 6) is 0.156. The van der Waals surface area contributed by atoms with Crippen molar-refractivity contribution >= 4 is 22.4 Å². The first-order chi connectivity index (χ1) is 8.56. The number of amides is 1. The van der Waals surface area contributed by atoms with E-state index in [1.54, 1.807) is 0 Å². The number of carbonyl (C=O) groups is 1. The minimum atomic E-state index is 0.156. The first-order valence-corrected chi connectivity index (χ1v) is 7.12. The minimum Gasteiger partial charge on any atom is -0.375 e. The van der Waals surface area contributed by atoms with Crippen LogP contribution in [0.3, 0.4) is 0 Å². The van der Waals surface area contributed by atoms with E-state index in [1.165, 1.54) is 11.3 Å². The molecular weight excluding hydrogens is 248 g/mol. The van der Waals surface area contributed by atoms with Crippen LogP contribution in [0.4, 0.5) is 5.13 Å². The van der Waals surface area contributed by atoms with E-state index in [0.717, 1.165) is 31.7 Å². The Balaban J connectivity index is 1.99. The van der Waals surface area contributed by atoms with Crippen LogP contribution in [0.2, 0.25) is 0 Å². The number of nitrogens with zero attached hydrogens (tertiary/aromatic N) is 3. The summed E-state index contributed by atoms with van der Waals surface area (Å²) < 4.78 is 0. The predicted molar refractivity (Wildman–Crippen MR) is 73.5 cm³/mol. The standard InChI is InChI=1S/C12H20N4OS/c1-9-7-15(2)4-3-5-16(9)11(17)6-10-8-18-12(13)14-10/h8-9H,3-7H2,1-2H3,(H2,13,14). The maximum absolute atomic E-state index is 12.3. The summed E-state index contributed by atoms with van der Waals surface area (Å²) in [5.41, 5.74) is 6.36. The van der Waals surface area contributed by atoms with Gasteiger partial charge < -0.3 is 15.5 Å². The first kappa shape index (κ1) is 13.3. The van der Waals surface area contributed by atoms with E-state index in [-0.39, 0.29) is 11.9 Å². The predicted octanol–water partition coefficient (Wildman–Crippen LogP) is 0.820. The second kappa shape index (κ2) is 5.67. The Morgan fingerprint density at radius 1 is 1.61 bits per heavy atom. The fourth-order valence-corrected chi connectivity index (χ4v) is 2.97. The molecule has 18 heavy (non-hydrogen) atoms. The Morgan fingerprint density at radius 2 is 2.39 bits per heavy atom. The number of anilines is 1. The number of nitrogens with two attached hydrogens (primary N) is 1. The van der Waals surface area contributed by atoms with Crippen molar-refractivity contribution in [2.24, 2.45) is 0 Å². The molecule has 2 N–H and O–H groups in total. The lowest BCUT2D eigenvalue weighted by Gasteiger charge is -2.27. The number of thiazole rings is 1. The molecule has 6 heteroatoms. The quantitative estimate of drug-likeness (QED) is 0.862. The van der Waals surface area contributed by atoms with Gasteiger partial charge in [-0.1, -0.05) is 0 Å². The number of hydrogen-bond donors (Lipinski definition) is 1. The average molecular weight is 268 g/mol. The van der Waals surface area contributed by atoms with Crippen LogP contribution >= 0.6 is 11.3 Å². The van der Waals surface area contributed by atoms with Gasteiger partial charge in [0.15, 0.2) is 5.13 Å². The van der Waals surface area contributed by atoms with Gasteiger partial charge >= 0.3 is 0 Å². The van der Waals surface area contributed by atoms with Gasteiger partial charge in [0.25, 0.3) is 0 Å². The van der Waals surface area contributed by atoms with Gasteiger partial charge in [-0.3, -0.25) is 4.79 Å². The normalized spacial score (nSPS) is 21.9. The van der Waals surface area contributed by atoms with E-state index in [0.29, 0.717) is 11.6 Å². The zero-order valence-electron chi connectivity index (χ0n) is 10.9. The minimum absolute atomic E-state index is 0.156. The lowest BCUT2D eigenvalue weighted by molar-refractivity contribution is -0.132. The van der Waals surface area contributed by atoms with Crippen molar-refractivity contribution in [3.8, 4) is 0 Å². The lowest BCUT2D eigenvalue weighted by atomic mass is 10.2. The first-order valence-electron chi connectivity index (χ1n) is 6.24. The van der Waals surface area contributed by atoms with Crippen molar-refractivity contribution < 1.29 is 4.79 Å². The van der Waals surface area contributed by atoms with E-state index in [4.69, 9.17) is 5.73 Å². The highest BCUT2D eigenvalue weighted by Crippen LogP contribution is 2.15. The molecule has 1 aromatic rings. The molecule has 0 aromatic carbocycles.